The molecule has 2 aliphatic heterocycles. The Labute approximate surface area is 135 Å². The molecule has 0 bridgehead atoms. The van der Waals surface area contributed by atoms with Crippen molar-refractivity contribution in [2.45, 2.75) is 65.1 Å². The number of nitrogens with zero attached hydrogens (tertiary/aromatic N) is 2. The normalized spacial score (nSPS) is 26.9. The molecular formula is C17H33N3O2. The van der Waals surface area contributed by atoms with E-state index in [1.54, 1.807) is 0 Å². The summed E-state index contributed by atoms with van der Waals surface area (Å²) in [5.41, 5.74) is -0.405. The number of nitrogens with one attached hydrogen (secondary N) is 1. The minimum Gasteiger partial charge on any atom is -0.444 e. The van der Waals surface area contributed by atoms with E-state index in [2.05, 4.69) is 24.1 Å². The molecular weight excluding hydrogens is 278 g/mol. The third-order valence-electron chi connectivity index (χ3n) is 4.58. The molecule has 22 heavy (non-hydrogen) atoms. The lowest BCUT2D eigenvalue weighted by molar-refractivity contribution is 0.0288. The Kier molecular flexibility index (Phi) is 5.72. The topological polar surface area (TPSA) is 44.8 Å². The lowest BCUT2D eigenvalue weighted by Crippen LogP contribution is -2.39. The van der Waals surface area contributed by atoms with Gasteiger partial charge in [0, 0.05) is 38.3 Å². The molecule has 128 valence electrons. The smallest absolute Gasteiger partial charge is 0.410 e. The van der Waals surface area contributed by atoms with Gasteiger partial charge in [-0.25, -0.2) is 4.79 Å². The van der Waals surface area contributed by atoms with Crippen LogP contribution in [0.3, 0.4) is 0 Å². The van der Waals surface area contributed by atoms with Gasteiger partial charge in [0.15, 0.2) is 0 Å². The van der Waals surface area contributed by atoms with Crippen LogP contribution >= 0.6 is 0 Å². The first-order valence-electron chi connectivity index (χ1n) is 8.70. The number of hydrogen-bond donors (Lipinski definition) is 1. The lowest BCUT2D eigenvalue weighted by Gasteiger charge is -2.24. The summed E-state index contributed by atoms with van der Waals surface area (Å²) in [7, 11) is 0. The van der Waals surface area contributed by atoms with E-state index in [0.29, 0.717) is 18.0 Å². The van der Waals surface area contributed by atoms with E-state index in [9.17, 15) is 4.79 Å². The number of ether oxygens (including phenoxy) is 1. The van der Waals surface area contributed by atoms with Crippen LogP contribution in [0.15, 0.2) is 0 Å². The zero-order valence-electron chi connectivity index (χ0n) is 14.9. The highest BCUT2D eigenvalue weighted by Crippen LogP contribution is 2.20. The fourth-order valence-corrected chi connectivity index (χ4v) is 3.25. The second-order valence-electron chi connectivity index (χ2n) is 8.06. The van der Waals surface area contributed by atoms with Crippen LogP contribution in [0.25, 0.3) is 0 Å². The van der Waals surface area contributed by atoms with Crippen molar-refractivity contribution in [3.8, 4) is 0 Å². The lowest BCUT2D eigenvalue weighted by atomic mass is 10.1. The van der Waals surface area contributed by atoms with Gasteiger partial charge in [-0.1, -0.05) is 0 Å². The van der Waals surface area contributed by atoms with Gasteiger partial charge in [-0.05, 0) is 59.9 Å². The summed E-state index contributed by atoms with van der Waals surface area (Å²) in [6.07, 6.45) is 2.15. The van der Waals surface area contributed by atoms with Gasteiger partial charge < -0.3 is 15.0 Å². The van der Waals surface area contributed by atoms with Gasteiger partial charge in [0.2, 0.25) is 0 Å². The predicted molar refractivity (Wildman–Crippen MR) is 89.0 cm³/mol. The molecule has 0 saturated carbocycles. The maximum atomic E-state index is 12.1. The molecule has 5 nitrogen and oxygen atoms in total. The highest BCUT2D eigenvalue weighted by molar-refractivity contribution is 5.68. The number of rotatable bonds is 4. The van der Waals surface area contributed by atoms with Crippen molar-refractivity contribution in [1.82, 2.24) is 15.1 Å². The van der Waals surface area contributed by atoms with Crippen LogP contribution in [0.5, 0.6) is 0 Å². The van der Waals surface area contributed by atoms with E-state index < -0.39 is 5.60 Å². The van der Waals surface area contributed by atoms with E-state index in [4.69, 9.17) is 4.74 Å². The van der Waals surface area contributed by atoms with Crippen LogP contribution in [-0.2, 0) is 4.74 Å². The molecule has 0 aromatic heterocycles. The quantitative estimate of drug-likeness (QED) is 0.865. The van der Waals surface area contributed by atoms with E-state index in [0.717, 1.165) is 32.6 Å². The molecule has 2 fully saturated rings. The summed E-state index contributed by atoms with van der Waals surface area (Å²) in [6.45, 7) is 15.3. The minimum absolute atomic E-state index is 0.165. The summed E-state index contributed by atoms with van der Waals surface area (Å²) in [5.74, 6) is 0.556. The number of hydrogen-bond acceptors (Lipinski definition) is 4. The first-order chi connectivity index (χ1) is 10.2. The average Bonchev–Trinajstić information content (AvgIpc) is 3.04. The molecule has 2 rings (SSSR count). The van der Waals surface area contributed by atoms with Gasteiger partial charge in [-0.15, -0.1) is 0 Å². The van der Waals surface area contributed by atoms with Crippen LogP contribution in [0.1, 0.15) is 47.5 Å². The number of carbonyl (C=O) groups is 1. The number of amides is 1. The Morgan fingerprint density at radius 2 is 1.95 bits per heavy atom. The van der Waals surface area contributed by atoms with Crippen molar-refractivity contribution in [2.75, 3.05) is 32.7 Å². The van der Waals surface area contributed by atoms with Gasteiger partial charge in [0.1, 0.15) is 5.60 Å². The SMILES string of the molecule is CC(C)N1CCC(NCC2CCN(C(=O)OC(C)(C)C)C2)C1. The monoisotopic (exact) mass is 311 g/mol. The zero-order valence-corrected chi connectivity index (χ0v) is 14.9. The van der Waals surface area contributed by atoms with Crippen molar-refractivity contribution in [1.29, 1.82) is 0 Å². The first kappa shape index (κ1) is 17.5. The van der Waals surface area contributed by atoms with Crippen molar-refractivity contribution >= 4 is 6.09 Å². The first-order valence-corrected chi connectivity index (χ1v) is 8.70. The summed E-state index contributed by atoms with van der Waals surface area (Å²) in [4.78, 5) is 16.4. The molecule has 0 aliphatic carbocycles. The van der Waals surface area contributed by atoms with Gasteiger partial charge in [0.05, 0.1) is 0 Å². The summed E-state index contributed by atoms with van der Waals surface area (Å²) < 4.78 is 5.45. The van der Waals surface area contributed by atoms with E-state index in [1.807, 2.05) is 25.7 Å². The Morgan fingerprint density at radius 3 is 2.55 bits per heavy atom. The third-order valence-corrected chi connectivity index (χ3v) is 4.58. The number of likely N-dealkylation sites (tertiary alicyclic amines) is 2. The summed E-state index contributed by atoms with van der Waals surface area (Å²) in [6, 6.07) is 1.25. The highest BCUT2D eigenvalue weighted by atomic mass is 16.6. The molecule has 0 aromatic rings. The number of carbonyl (C=O) groups excluding carboxylic acids is 1. The third kappa shape index (κ3) is 5.13. The summed E-state index contributed by atoms with van der Waals surface area (Å²) in [5, 5.41) is 3.70. The van der Waals surface area contributed by atoms with Crippen LogP contribution in [0.2, 0.25) is 0 Å². The van der Waals surface area contributed by atoms with Crippen LogP contribution in [-0.4, -0.2) is 66.3 Å². The maximum absolute atomic E-state index is 12.1. The van der Waals surface area contributed by atoms with Crippen molar-refractivity contribution in [3.05, 3.63) is 0 Å². The molecule has 2 saturated heterocycles. The van der Waals surface area contributed by atoms with Gasteiger partial charge in [-0.2, -0.15) is 0 Å². The highest BCUT2D eigenvalue weighted by Gasteiger charge is 2.31. The van der Waals surface area contributed by atoms with Gasteiger partial charge in [-0.3, -0.25) is 4.90 Å². The molecule has 0 aromatic carbocycles. The van der Waals surface area contributed by atoms with Crippen LogP contribution in [0.4, 0.5) is 4.79 Å². The Bertz CT molecular complexity index is 379. The minimum atomic E-state index is -0.405. The Balaban J connectivity index is 1.68. The standard InChI is InChI=1S/C17H33N3O2/c1-13(2)19-9-7-15(12-19)18-10-14-6-8-20(11-14)16(21)22-17(3,4)5/h13-15,18H,6-12H2,1-5H3. The van der Waals surface area contributed by atoms with E-state index >= 15 is 0 Å². The zero-order chi connectivity index (χ0) is 16.3. The van der Waals surface area contributed by atoms with Crippen molar-refractivity contribution in [2.24, 2.45) is 5.92 Å². The molecule has 5 heteroatoms. The largest absolute Gasteiger partial charge is 0.444 e. The second kappa shape index (κ2) is 7.18. The predicted octanol–water partition coefficient (Wildman–Crippen LogP) is 2.32. The Morgan fingerprint density at radius 1 is 1.23 bits per heavy atom. The molecule has 2 aliphatic rings. The van der Waals surface area contributed by atoms with Crippen molar-refractivity contribution < 1.29 is 9.53 Å². The molecule has 1 N–H and O–H groups in total. The fraction of sp³-hybridized carbons (Fsp3) is 0.941. The van der Waals surface area contributed by atoms with E-state index in [-0.39, 0.29) is 6.09 Å². The molecule has 0 spiro atoms. The average molecular weight is 311 g/mol. The molecule has 2 heterocycles. The molecule has 2 atom stereocenters. The van der Waals surface area contributed by atoms with Crippen LogP contribution in [0, 0.1) is 5.92 Å². The fourth-order valence-electron chi connectivity index (χ4n) is 3.25. The molecule has 0 radical (unpaired) electrons. The van der Waals surface area contributed by atoms with Crippen molar-refractivity contribution in [3.63, 3.8) is 0 Å². The van der Waals surface area contributed by atoms with Crippen LogP contribution < -0.4 is 5.32 Å². The summed E-state index contributed by atoms with van der Waals surface area (Å²) >= 11 is 0. The van der Waals surface area contributed by atoms with Gasteiger partial charge in [0.25, 0.3) is 0 Å². The van der Waals surface area contributed by atoms with E-state index in [1.165, 1.54) is 13.0 Å². The second-order valence-corrected chi connectivity index (χ2v) is 8.06. The van der Waals surface area contributed by atoms with Gasteiger partial charge >= 0.3 is 6.09 Å². The Hall–Kier alpha value is -0.810. The molecule has 2 unspecified atom stereocenters. The molecule has 1 amide bonds. The maximum Gasteiger partial charge on any atom is 0.410 e.